The van der Waals surface area contributed by atoms with Crippen molar-refractivity contribution in [1.29, 1.82) is 0 Å². The van der Waals surface area contributed by atoms with E-state index in [1.807, 2.05) is 0 Å². The zero-order valence-corrected chi connectivity index (χ0v) is 8.80. The molecule has 3 N–H and O–H groups in total. The summed E-state index contributed by atoms with van der Waals surface area (Å²) >= 11 is 2.07. The van der Waals surface area contributed by atoms with Gasteiger partial charge in [0.25, 0.3) is 0 Å². The Labute approximate surface area is 84.3 Å². The summed E-state index contributed by atoms with van der Waals surface area (Å²) in [6, 6.07) is 0. The first-order chi connectivity index (χ1) is 6.31. The van der Waals surface area contributed by atoms with Crippen LogP contribution in [0.25, 0.3) is 0 Å². The van der Waals surface area contributed by atoms with Gasteiger partial charge in [-0.05, 0) is 55.1 Å². The molecule has 1 aliphatic carbocycles. The zero-order chi connectivity index (χ0) is 9.26. The lowest BCUT2D eigenvalue weighted by Crippen LogP contribution is -2.41. The number of aliphatic hydroxyl groups is 1. The van der Waals surface area contributed by atoms with E-state index in [0.717, 1.165) is 37.1 Å². The van der Waals surface area contributed by atoms with Gasteiger partial charge in [-0.25, -0.2) is 0 Å². The van der Waals surface area contributed by atoms with E-state index in [1.165, 1.54) is 17.9 Å². The average Bonchev–Trinajstić information content (AvgIpc) is 2.07. The molecule has 0 aromatic rings. The highest BCUT2D eigenvalue weighted by Gasteiger charge is 2.39. The second-order valence-electron chi connectivity index (χ2n) is 4.42. The fourth-order valence-electron chi connectivity index (χ4n) is 2.95. The van der Waals surface area contributed by atoms with Crippen LogP contribution in [-0.2, 0) is 0 Å². The van der Waals surface area contributed by atoms with E-state index in [9.17, 15) is 5.11 Å². The normalized spacial score (nSPS) is 44.8. The first-order valence-electron chi connectivity index (χ1n) is 5.27. The SMILES string of the molecule is NCCC1C2CSCC1CC(O)C2. The van der Waals surface area contributed by atoms with Crippen molar-refractivity contribution >= 4 is 11.8 Å². The molecule has 1 heterocycles. The number of thioether (sulfide) groups is 1. The monoisotopic (exact) mass is 201 g/mol. The molecule has 2 atom stereocenters. The summed E-state index contributed by atoms with van der Waals surface area (Å²) in [4.78, 5) is 0. The molecule has 13 heavy (non-hydrogen) atoms. The summed E-state index contributed by atoms with van der Waals surface area (Å²) in [5.41, 5.74) is 5.63. The highest BCUT2D eigenvalue weighted by atomic mass is 32.2. The maximum Gasteiger partial charge on any atom is 0.0546 e. The van der Waals surface area contributed by atoms with E-state index in [2.05, 4.69) is 11.8 Å². The number of hydrogen-bond acceptors (Lipinski definition) is 3. The molecule has 2 unspecified atom stereocenters. The van der Waals surface area contributed by atoms with E-state index in [4.69, 9.17) is 5.73 Å². The molecule has 2 nitrogen and oxygen atoms in total. The highest BCUT2D eigenvalue weighted by Crippen LogP contribution is 2.44. The van der Waals surface area contributed by atoms with Crippen LogP contribution in [0.5, 0.6) is 0 Å². The molecule has 2 bridgehead atoms. The van der Waals surface area contributed by atoms with Crippen molar-refractivity contribution < 1.29 is 5.11 Å². The summed E-state index contributed by atoms with van der Waals surface area (Å²) in [5.74, 6) is 4.80. The summed E-state index contributed by atoms with van der Waals surface area (Å²) in [6.07, 6.45) is 3.19. The lowest BCUT2D eigenvalue weighted by atomic mass is 9.70. The van der Waals surface area contributed by atoms with Gasteiger partial charge in [-0.2, -0.15) is 11.8 Å². The van der Waals surface area contributed by atoms with E-state index in [0.29, 0.717) is 0 Å². The van der Waals surface area contributed by atoms with Crippen molar-refractivity contribution in [2.45, 2.75) is 25.4 Å². The Hall–Kier alpha value is 0.270. The predicted molar refractivity (Wildman–Crippen MR) is 56.7 cm³/mol. The van der Waals surface area contributed by atoms with Crippen LogP contribution in [0.2, 0.25) is 0 Å². The van der Waals surface area contributed by atoms with Crippen LogP contribution in [0.3, 0.4) is 0 Å². The lowest BCUT2D eigenvalue weighted by Gasteiger charge is -2.44. The predicted octanol–water partition coefficient (Wildman–Crippen LogP) is 1.09. The molecule has 2 fully saturated rings. The van der Waals surface area contributed by atoms with Crippen LogP contribution >= 0.6 is 11.8 Å². The van der Waals surface area contributed by atoms with Crippen LogP contribution in [0.15, 0.2) is 0 Å². The van der Waals surface area contributed by atoms with Gasteiger partial charge < -0.3 is 10.8 Å². The van der Waals surface area contributed by atoms with Gasteiger partial charge in [0.15, 0.2) is 0 Å². The second kappa shape index (κ2) is 4.20. The molecule has 0 aromatic heterocycles. The summed E-state index contributed by atoms with van der Waals surface area (Å²) < 4.78 is 0. The van der Waals surface area contributed by atoms with Crippen molar-refractivity contribution in [3.05, 3.63) is 0 Å². The zero-order valence-electron chi connectivity index (χ0n) is 7.98. The first kappa shape index (κ1) is 9.81. The lowest BCUT2D eigenvalue weighted by molar-refractivity contribution is 0.0370. The Kier molecular flexibility index (Phi) is 3.17. The molecule has 76 valence electrons. The van der Waals surface area contributed by atoms with Crippen molar-refractivity contribution in [3.63, 3.8) is 0 Å². The third-order valence-electron chi connectivity index (χ3n) is 3.52. The molecule has 0 amide bonds. The van der Waals surface area contributed by atoms with Crippen molar-refractivity contribution in [2.24, 2.45) is 23.5 Å². The van der Waals surface area contributed by atoms with E-state index in [1.54, 1.807) is 0 Å². The number of nitrogens with two attached hydrogens (primary N) is 1. The molecule has 1 saturated carbocycles. The Morgan fingerprint density at radius 2 is 1.85 bits per heavy atom. The van der Waals surface area contributed by atoms with Crippen LogP contribution in [0.1, 0.15) is 19.3 Å². The van der Waals surface area contributed by atoms with Gasteiger partial charge in [0, 0.05) is 0 Å². The van der Waals surface area contributed by atoms with Crippen LogP contribution in [-0.4, -0.2) is 29.3 Å². The maximum atomic E-state index is 9.66. The van der Waals surface area contributed by atoms with E-state index < -0.39 is 0 Å². The summed E-state index contributed by atoms with van der Waals surface area (Å²) in [7, 11) is 0. The largest absolute Gasteiger partial charge is 0.393 e. The van der Waals surface area contributed by atoms with Gasteiger partial charge in [0.2, 0.25) is 0 Å². The summed E-state index contributed by atoms with van der Waals surface area (Å²) in [5, 5.41) is 9.66. The Morgan fingerprint density at radius 3 is 2.38 bits per heavy atom. The number of hydrogen-bond donors (Lipinski definition) is 2. The van der Waals surface area contributed by atoms with E-state index in [-0.39, 0.29) is 6.10 Å². The van der Waals surface area contributed by atoms with Gasteiger partial charge in [-0.15, -0.1) is 0 Å². The van der Waals surface area contributed by atoms with Crippen molar-refractivity contribution in [3.8, 4) is 0 Å². The van der Waals surface area contributed by atoms with Gasteiger partial charge in [0.05, 0.1) is 6.10 Å². The molecule has 0 aromatic carbocycles. The van der Waals surface area contributed by atoms with Crippen LogP contribution in [0.4, 0.5) is 0 Å². The van der Waals surface area contributed by atoms with Crippen molar-refractivity contribution in [2.75, 3.05) is 18.1 Å². The number of fused-ring (bicyclic) bond motifs is 2. The van der Waals surface area contributed by atoms with Crippen LogP contribution < -0.4 is 5.73 Å². The van der Waals surface area contributed by atoms with Crippen molar-refractivity contribution in [1.82, 2.24) is 0 Å². The smallest absolute Gasteiger partial charge is 0.0546 e. The molecule has 2 rings (SSSR count). The number of aliphatic hydroxyl groups excluding tert-OH is 1. The molecule has 3 heteroatoms. The molecule has 1 saturated heterocycles. The minimum absolute atomic E-state index is 0.0232. The fraction of sp³-hybridized carbons (Fsp3) is 1.00. The summed E-state index contributed by atoms with van der Waals surface area (Å²) in [6.45, 7) is 0.818. The third-order valence-corrected chi connectivity index (χ3v) is 4.85. The fourth-order valence-corrected chi connectivity index (χ4v) is 4.46. The second-order valence-corrected chi connectivity index (χ2v) is 5.50. The standard InChI is InChI=1S/C10H19NOS/c11-2-1-10-7-3-9(12)4-8(10)6-13-5-7/h7-10,12H,1-6,11H2. The molecule has 2 aliphatic rings. The van der Waals surface area contributed by atoms with Gasteiger partial charge in [-0.1, -0.05) is 0 Å². The minimum atomic E-state index is -0.0232. The van der Waals surface area contributed by atoms with Gasteiger partial charge >= 0.3 is 0 Å². The molecular weight excluding hydrogens is 182 g/mol. The van der Waals surface area contributed by atoms with Gasteiger partial charge in [0.1, 0.15) is 0 Å². The quantitative estimate of drug-likeness (QED) is 0.703. The van der Waals surface area contributed by atoms with Crippen LogP contribution in [0, 0.1) is 17.8 Å². The molecule has 1 aliphatic heterocycles. The van der Waals surface area contributed by atoms with Gasteiger partial charge in [-0.3, -0.25) is 0 Å². The molecular formula is C10H19NOS. The first-order valence-corrected chi connectivity index (χ1v) is 6.42. The highest BCUT2D eigenvalue weighted by molar-refractivity contribution is 7.99. The Morgan fingerprint density at radius 1 is 1.23 bits per heavy atom. The maximum absolute atomic E-state index is 9.66. The minimum Gasteiger partial charge on any atom is -0.393 e. The molecule has 0 spiro atoms. The number of rotatable bonds is 2. The topological polar surface area (TPSA) is 46.2 Å². The van der Waals surface area contributed by atoms with E-state index >= 15 is 0 Å². The molecule has 0 radical (unpaired) electrons. The Bertz CT molecular complexity index is 162. The Balaban J connectivity index is 2.01. The average molecular weight is 201 g/mol. The third kappa shape index (κ3) is 2.03.